The normalized spacial score (nSPS) is 10.7. The van der Waals surface area contributed by atoms with Crippen LogP contribution in [0.3, 0.4) is 0 Å². The van der Waals surface area contributed by atoms with Crippen LogP contribution in [-0.2, 0) is 18.2 Å². The number of nitro groups is 1. The molecule has 19 heavy (non-hydrogen) atoms. The van der Waals surface area contributed by atoms with Crippen LogP contribution in [0.2, 0.25) is 0 Å². The standard InChI is InChI=1S/C12H22N4O3/c1-4-8-19-9-6-7-13-12-11(16(17)18)10(5-2)14-15(12)3/h13H,4-9H2,1-3H3. The number of ether oxygens (including phenoxy) is 1. The van der Waals surface area contributed by atoms with E-state index in [9.17, 15) is 10.1 Å². The van der Waals surface area contributed by atoms with Crippen molar-refractivity contribution >= 4 is 11.5 Å². The van der Waals surface area contributed by atoms with Crippen LogP contribution in [0.4, 0.5) is 11.5 Å². The largest absolute Gasteiger partial charge is 0.381 e. The molecule has 7 nitrogen and oxygen atoms in total. The second-order valence-electron chi connectivity index (χ2n) is 4.27. The maximum absolute atomic E-state index is 11.1. The minimum atomic E-state index is -0.373. The van der Waals surface area contributed by atoms with Crippen LogP contribution in [0.15, 0.2) is 0 Å². The van der Waals surface area contributed by atoms with E-state index in [1.54, 1.807) is 7.05 Å². The fourth-order valence-corrected chi connectivity index (χ4v) is 1.82. The molecule has 0 aliphatic carbocycles. The summed E-state index contributed by atoms with van der Waals surface area (Å²) < 4.78 is 6.89. The van der Waals surface area contributed by atoms with Crippen LogP contribution >= 0.6 is 0 Å². The van der Waals surface area contributed by atoms with Gasteiger partial charge in [-0.3, -0.25) is 10.1 Å². The summed E-state index contributed by atoms with van der Waals surface area (Å²) in [7, 11) is 1.71. The second-order valence-corrected chi connectivity index (χ2v) is 4.27. The Bertz CT molecular complexity index is 417. The third-order valence-electron chi connectivity index (χ3n) is 2.72. The summed E-state index contributed by atoms with van der Waals surface area (Å²) in [5, 5.41) is 18.3. The molecule has 7 heteroatoms. The van der Waals surface area contributed by atoms with Gasteiger partial charge < -0.3 is 10.1 Å². The molecule has 0 bridgehead atoms. The zero-order valence-corrected chi connectivity index (χ0v) is 11.8. The molecule has 1 aromatic rings. The van der Waals surface area contributed by atoms with Crippen molar-refractivity contribution in [2.75, 3.05) is 25.1 Å². The van der Waals surface area contributed by atoms with E-state index in [2.05, 4.69) is 17.3 Å². The third-order valence-corrected chi connectivity index (χ3v) is 2.72. The zero-order valence-electron chi connectivity index (χ0n) is 11.8. The van der Waals surface area contributed by atoms with Gasteiger partial charge in [0.1, 0.15) is 5.69 Å². The number of hydrogen-bond donors (Lipinski definition) is 1. The first-order chi connectivity index (χ1) is 9.11. The lowest BCUT2D eigenvalue weighted by molar-refractivity contribution is -0.384. The van der Waals surface area contributed by atoms with Gasteiger partial charge in [-0.2, -0.15) is 5.10 Å². The quantitative estimate of drug-likeness (QED) is 0.422. The molecule has 0 saturated heterocycles. The molecule has 0 saturated carbocycles. The van der Waals surface area contributed by atoms with Crippen LogP contribution in [0, 0.1) is 10.1 Å². The molecule has 0 radical (unpaired) electrons. The van der Waals surface area contributed by atoms with Gasteiger partial charge in [0, 0.05) is 26.8 Å². The molecule has 0 fully saturated rings. The number of aromatic nitrogens is 2. The predicted octanol–water partition coefficient (Wildman–Crippen LogP) is 2.12. The van der Waals surface area contributed by atoms with Gasteiger partial charge in [-0.05, 0) is 19.3 Å². The number of aryl methyl sites for hydroxylation is 2. The SMILES string of the molecule is CCCOCCCNc1c([N+](=O)[O-])c(CC)nn1C. The lowest BCUT2D eigenvalue weighted by Crippen LogP contribution is -2.10. The molecule has 108 valence electrons. The van der Waals surface area contributed by atoms with Gasteiger partial charge >= 0.3 is 5.69 Å². The summed E-state index contributed by atoms with van der Waals surface area (Å²) in [6, 6.07) is 0. The van der Waals surface area contributed by atoms with Crippen molar-refractivity contribution in [3.05, 3.63) is 15.8 Å². The van der Waals surface area contributed by atoms with Crippen molar-refractivity contribution in [1.29, 1.82) is 0 Å². The summed E-state index contributed by atoms with van der Waals surface area (Å²) >= 11 is 0. The van der Waals surface area contributed by atoms with Crippen molar-refractivity contribution in [3.8, 4) is 0 Å². The Labute approximate surface area is 113 Å². The Balaban J connectivity index is 2.57. The van der Waals surface area contributed by atoms with Gasteiger partial charge in [-0.25, -0.2) is 4.68 Å². The van der Waals surface area contributed by atoms with Crippen LogP contribution in [0.5, 0.6) is 0 Å². The highest BCUT2D eigenvalue weighted by Crippen LogP contribution is 2.28. The first-order valence-corrected chi connectivity index (χ1v) is 6.63. The molecular formula is C12H22N4O3. The third kappa shape index (κ3) is 4.20. The Hall–Kier alpha value is -1.63. The van der Waals surface area contributed by atoms with Gasteiger partial charge in [0.2, 0.25) is 5.82 Å². The Morgan fingerprint density at radius 2 is 2.16 bits per heavy atom. The van der Waals surface area contributed by atoms with Gasteiger partial charge in [-0.15, -0.1) is 0 Å². The number of anilines is 1. The molecule has 0 spiro atoms. The molecular weight excluding hydrogens is 248 g/mol. The van der Waals surface area contributed by atoms with E-state index in [0.29, 0.717) is 31.1 Å². The van der Waals surface area contributed by atoms with E-state index in [-0.39, 0.29) is 10.6 Å². The van der Waals surface area contributed by atoms with E-state index < -0.39 is 0 Å². The number of nitrogens with one attached hydrogen (secondary N) is 1. The van der Waals surface area contributed by atoms with Crippen LogP contribution < -0.4 is 5.32 Å². The molecule has 1 N–H and O–H groups in total. The molecule has 1 heterocycles. The van der Waals surface area contributed by atoms with Crippen LogP contribution in [0.1, 0.15) is 32.4 Å². The van der Waals surface area contributed by atoms with E-state index in [1.807, 2.05) is 6.92 Å². The van der Waals surface area contributed by atoms with Gasteiger partial charge in [-0.1, -0.05) is 13.8 Å². The molecule has 0 atom stereocenters. The number of hydrogen-bond acceptors (Lipinski definition) is 5. The van der Waals surface area contributed by atoms with Gasteiger partial charge in [0.25, 0.3) is 0 Å². The van der Waals surface area contributed by atoms with Crippen molar-refractivity contribution in [1.82, 2.24) is 9.78 Å². The van der Waals surface area contributed by atoms with E-state index >= 15 is 0 Å². The smallest absolute Gasteiger partial charge is 0.333 e. The molecule has 0 unspecified atom stereocenters. The lowest BCUT2D eigenvalue weighted by Gasteiger charge is -2.06. The highest BCUT2D eigenvalue weighted by Gasteiger charge is 2.24. The van der Waals surface area contributed by atoms with Crippen molar-refractivity contribution in [2.45, 2.75) is 33.1 Å². The summed E-state index contributed by atoms with van der Waals surface area (Å²) in [4.78, 5) is 10.7. The van der Waals surface area contributed by atoms with Crippen molar-refractivity contribution in [2.24, 2.45) is 7.05 Å². The Morgan fingerprint density at radius 1 is 1.42 bits per heavy atom. The fourth-order valence-electron chi connectivity index (χ4n) is 1.82. The number of nitrogens with zero attached hydrogens (tertiary/aromatic N) is 3. The number of rotatable bonds is 9. The fraction of sp³-hybridized carbons (Fsp3) is 0.750. The minimum Gasteiger partial charge on any atom is -0.381 e. The zero-order chi connectivity index (χ0) is 14.3. The maximum atomic E-state index is 11.1. The Kier molecular flexibility index (Phi) is 6.27. The van der Waals surface area contributed by atoms with Crippen molar-refractivity contribution in [3.63, 3.8) is 0 Å². The predicted molar refractivity (Wildman–Crippen MR) is 73.5 cm³/mol. The average Bonchev–Trinajstić information content (AvgIpc) is 2.70. The molecule has 0 aliphatic heterocycles. The van der Waals surface area contributed by atoms with Gasteiger partial charge in [0.05, 0.1) is 4.92 Å². The topological polar surface area (TPSA) is 82.2 Å². The van der Waals surface area contributed by atoms with E-state index in [4.69, 9.17) is 4.74 Å². The highest BCUT2D eigenvalue weighted by atomic mass is 16.6. The summed E-state index contributed by atoms with van der Waals surface area (Å²) in [6.07, 6.45) is 2.36. The maximum Gasteiger partial charge on any atom is 0.333 e. The van der Waals surface area contributed by atoms with Crippen LogP contribution in [-0.4, -0.2) is 34.5 Å². The molecule has 1 rings (SSSR count). The second kappa shape index (κ2) is 7.73. The Morgan fingerprint density at radius 3 is 2.74 bits per heavy atom. The van der Waals surface area contributed by atoms with Crippen molar-refractivity contribution < 1.29 is 9.66 Å². The summed E-state index contributed by atoms with van der Waals surface area (Å²) in [5.74, 6) is 0.470. The monoisotopic (exact) mass is 270 g/mol. The average molecular weight is 270 g/mol. The first-order valence-electron chi connectivity index (χ1n) is 6.63. The first kappa shape index (κ1) is 15.4. The van der Waals surface area contributed by atoms with E-state index in [1.165, 1.54) is 4.68 Å². The van der Waals surface area contributed by atoms with Gasteiger partial charge in [0.15, 0.2) is 0 Å². The molecule has 1 aromatic heterocycles. The summed E-state index contributed by atoms with van der Waals surface area (Å²) in [6.45, 7) is 5.97. The minimum absolute atomic E-state index is 0.0828. The molecule has 0 amide bonds. The highest BCUT2D eigenvalue weighted by molar-refractivity contribution is 5.59. The molecule has 0 aliphatic rings. The summed E-state index contributed by atoms with van der Waals surface area (Å²) in [5.41, 5.74) is 0.594. The van der Waals surface area contributed by atoms with Crippen LogP contribution in [0.25, 0.3) is 0 Å². The lowest BCUT2D eigenvalue weighted by atomic mass is 10.3. The van der Waals surface area contributed by atoms with E-state index in [0.717, 1.165) is 19.4 Å². The molecule has 0 aromatic carbocycles.